The molecule has 0 amide bonds. The number of hydrogen-bond donors (Lipinski definition) is 2. The van der Waals surface area contributed by atoms with Crippen molar-refractivity contribution in [3.63, 3.8) is 0 Å². The first-order valence-electron chi connectivity index (χ1n) is 9.82. The van der Waals surface area contributed by atoms with Crippen LogP contribution in [0.1, 0.15) is 30.4 Å². The van der Waals surface area contributed by atoms with E-state index in [2.05, 4.69) is 35.1 Å². The number of aromatic nitrogens is 1. The molecule has 5 rings (SSSR count). The third-order valence-electron chi connectivity index (χ3n) is 5.59. The fourth-order valence-electron chi connectivity index (χ4n) is 4.13. The first kappa shape index (κ1) is 19.7. The lowest BCUT2D eigenvalue weighted by Crippen LogP contribution is -2.52. The van der Waals surface area contributed by atoms with Crippen LogP contribution in [0.25, 0.3) is 10.9 Å². The number of halogens is 1. The number of fused-ring (bicyclic) bond motifs is 3. The number of hydrogen-bond acceptors (Lipinski definition) is 4. The number of aliphatic imine (C=N–C) groups is 1. The van der Waals surface area contributed by atoms with E-state index in [4.69, 9.17) is 22.1 Å². The molecule has 29 heavy (non-hydrogen) atoms. The zero-order chi connectivity index (χ0) is 20.4. The van der Waals surface area contributed by atoms with E-state index in [1.165, 1.54) is 16.5 Å². The fraction of sp³-hybridized carbons (Fsp3) is 0.304. The van der Waals surface area contributed by atoms with E-state index < -0.39 is 11.6 Å². The number of nitrogens with zero attached hydrogens (tertiary/aromatic N) is 1. The van der Waals surface area contributed by atoms with Crippen LogP contribution in [0.5, 0.6) is 0 Å². The molecule has 1 fully saturated rings. The molecule has 0 radical (unpaired) electrons. The second-order valence-electron chi connectivity index (χ2n) is 7.43. The number of rotatable bonds is 2. The number of aromatic amines is 1. The van der Waals surface area contributed by atoms with E-state index in [1.54, 1.807) is 6.07 Å². The minimum Gasteiger partial charge on any atom is -0.469 e. The number of aryl methyl sites for hydroxylation is 1. The number of nitrogens with two attached hydrogens (primary N) is 1. The molecule has 1 saturated carbocycles. The maximum atomic E-state index is 12.6. The minimum atomic E-state index is -0.895. The van der Waals surface area contributed by atoms with E-state index >= 15 is 0 Å². The number of benzene rings is 2. The molecular formula is C23H24ClN3O2. The SMILES string of the molecule is Cc1c[nH]c2ccccc12.NCC1=NC2(c3ccccc3Cl)CCCC(O1)C2=O. The van der Waals surface area contributed by atoms with Crippen molar-refractivity contribution in [3.8, 4) is 0 Å². The molecule has 2 aliphatic rings. The molecule has 2 heterocycles. The number of H-pyrrole nitrogens is 1. The summed E-state index contributed by atoms with van der Waals surface area (Å²) in [5, 5.41) is 1.89. The zero-order valence-corrected chi connectivity index (χ0v) is 17.1. The Morgan fingerprint density at radius 2 is 2.00 bits per heavy atom. The van der Waals surface area contributed by atoms with Gasteiger partial charge in [-0.15, -0.1) is 0 Å². The van der Waals surface area contributed by atoms with Gasteiger partial charge in [-0.1, -0.05) is 48.0 Å². The van der Waals surface area contributed by atoms with Crippen LogP contribution < -0.4 is 5.73 Å². The average molecular weight is 410 g/mol. The summed E-state index contributed by atoms with van der Waals surface area (Å²) >= 11 is 6.26. The lowest BCUT2D eigenvalue weighted by atomic mass is 9.74. The second kappa shape index (κ2) is 8.01. The predicted octanol–water partition coefficient (Wildman–Crippen LogP) is 4.52. The van der Waals surface area contributed by atoms with Crippen molar-refractivity contribution < 1.29 is 9.53 Å². The highest BCUT2D eigenvalue weighted by atomic mass is 35.5. The molecule has 5 nitrogen and oxygen atoms in total. The molecule has 150 valence electrons. The Labute approximate surface area is 174 Å². The molecule has 2 atom stereocenters. The summed E-state index contributed by atoms with van der Waals surface area (Å²) in [5.74, 6) is 0.452. The molecule has 1 aliphatic heterocycles. The number of para-hydroxylation sites is 1. The summed E-state index contributed by atoms with van der Waals surface area (Å²) in [6.07, 6.45) is 3.89. The van der Waals surface area contributed by atoms with E-state index in [9.17, 15) is 4.79 Å². The highest BCUT2D eigenvalue weighted by Crippen LogP contribution is 2.44. The molecule has 2 bridgehead atoms. The van der Waals surface area contributed by atoms with Crippen LogP contribution in [-0.4, -0.2) is 29.3 Å². The molecule has 2 aromatic carbocycles. The van der Waals surface area contributed by atoms with Gasteiger partial charge >= 0.3 is 0 Å². The molecule has 0 spiro atoms. The van der Waals surface area contributed by atoms with Crippen LogP contribution in [-0.2, 0) is 15.1 Å². The van der Waals surface area contributed by atoms with Crippen molar-refractivity contribution in [2.45, 2.75) is 37.8 Å². The van der Waals surface area contributed by atoms with Crippen LogP contribution in [0.3, 0.4) is 0 Å². The van der Waals surface area contributed by atoms with Gasteiger partial charge in [0.25, 0.3) is 0 Å². The number of nitrogens with one attached hydrogen (secondary N) is 1. The molecule has 2 unspecified atom stereocenters. The zero-order valence-electron chi connectivity index (χ0n) is 16.3. The maximum absolute atomic E-state index is 12.6. The van der Waals surface area contributed by atoms with Gasteiger partial charge in [-0.3, -0.25) is 4.79 Å². The third-order valence-corrected chi connectivity index (χ3v) is 5.92. The highest BCUT2D eigenvalue weighted by Gasteiger charge is 2.51. The Morgan fingerprint density at radius 1 is 1.24 bits per heavy atom. The summed E-state index contributed by atoms with van der Waals surface area (Å²) in [7, 11) is 0. The quantitative estimate of drug-likeness (QED) is 0.652. The molecule has 1 aliphatic carbocycles. The fourth-order valence-corrected chi connectivity index (χ4v) is 4.42. The van der Waals surface area contributed by atoms with Crippen LogP contribution >= 0.6 is 11.6 Å². The number of ether oxygens (including phenoxy) is 1. The number of carbonyl (C=O) groups excluding carboxylic acids is 1. The van der Waals surface area contributed by atoms with Crippen LogP contribution in [0.2, 0.25) is 5.02 Å². The van der Waals surface area contributed by atoms with Gasteiger partial charge in [0.1, 0.15) is 0 Å². The van der Waals surface area contributed by atoms with Gasteiger partial charge in [0.15, 0.2) is 17.5 Å². The van der Waals surface area contributed by atoms with Gasteiger partial charge in [-0.2, -0.15) is 0 Å². The van der Waals surface area contributed by atoms with Crippen molar-refractivity contribution in [1.29, 1.82) is 0 Å². The van der Waals surface area contributed by atoms with Crippen LogP contribution in [0.4, 0.5) is 0 Å². The Hall–Kier alpha value is -2.63. The van der Waals surface area contributed by atoms with Crippen LogP contribution in [0, 0.1) is 6.92 Å². The summed E-state index contributed by atoms with van der Waals surface area (Å²) in [6, 6.07) is 15.7. The number of carbonyl (C=O) groups is 1. The summed E-state index contributed by atoms with van der Waals surface area (Å²) < 4.78 is 5.54. The molecule has 1 aromatic heterocycles. The Balaban J connectivity index is 0.000000171. The van der Waals surface area contributed by atoms with Gasteiger partial charge in [0.05, 0.1) is 6.54 Å². The predicted molar refractivity (Wildman–Crippen MR) is 116 cm³/mol. The van der Waals surface area contributed by atoms with E-state index in [0.29, 0.717) is 17.3 Å². The maximum Gasteiger partial charge on any atom is 0.205 e. The molecule has 3 aromatic rings. The third kappa shape index (κ3) is 3.56. The number of Topliss-reactive ketones (excluding diaryl/α,β-unsaturated/α-hetero) is 1. The van der Waals surface area contributed by atoms with Crippen molar-refractivity contribution in [1.82, 2.24) is 4.98 Å². The Kier molecular flexibility index (Phi) is 5.43. The Bertz CT molecular complexity index is 1070. The molecular weight excluding hydrogens is 386 g/mol. The van der Waals surface area contributed by atoms with Gasteiger partial charge in [-0.25, -0.2) is 4.99 Å². The Morgan fingerprint density at radius 3 is 2.76 bits per heavy atom. The first-order chi connectivity index (χ1) is 14.0. The van der Waals surface area contributed by atoms with E-state index in [1.807, 2.05) is 30.5 Å². The summed E-state index contributed by atoms with van der Waals surface area (Å²) in [5.41, 5.74) is 8.03. The van der Waals surface area contributed by atoms with Crippen molar-refractivity contribution in [3.05, 3.63) is 70.9 Å². The normalized spacial score (nSPS) is 23.1. The lowest BCUT2D eigenvalue weighted by molar-refractivity contribution is -0.137. The van der Waals surface area contributed by atoms with Gasteiger partial charge in [-0.05, 0) is 43.9 Å². The van der Waals surface area contributed by atoms with Crippen molar-refractivity contribution >= 4 is 34.2 Å². The highest BCUT2D eigenvalue weighted by molar-refractivity contribution is 6.32. The smallest absolute Gasteiger partial charge is 0.205 e. The minimum absolute atomic E-state index is 0.00375. The topological polar surface area (TPSA) is 80.5 Å². The second-order valence-corrected chi connectivity index (χ2v) is 7.84. The summed E-state index contributed by atoms with van der Waals surface area (Å²) in [6.45, 7) is 2.31. The van der Waals surface area contributed by atoms with Gasteiger partial charge in [0, 0.05) is 27.7 Å². The van der Waals surface area contributed by atoms with Crippen molar-refractivity contribution in [2.75, 3.05) is 6.54 Å². The monoisotopic (exact) mass is 409 g/mol. The van der Waals surface area contributed by atoms with Gasteiger partial charge in [0.2, 0.25) is 5.78 Å². The van der Waals surface area contributed by atoms with Crippen LogP contribution in [0.15, 0.2) is 59.7 Å². The molecule has 3 N–H and O–H groups in total. The molecule has 0 saturated heterocycles. The first-order valence-corrected chi connectivity index (χ1v) is 10.2. The van der Waals surface area contributed by atoms with Crippen molar-refractivity contribution in [2.24, 2.45) is 10.7 Å². The lowest BCUT2D eigenvalue weighted by Gasteiger charge is -2.41. The van der Waals surface area contributed by atoms with E-state index in [-0.39, 0.29) is 12.3 Å². The molecule has 6 heteroatoms. The van der Waals surface area contributed by atoms with Gasteiger partial charge < -0.3 is 15.5 Å². The average Bonchev–Trinajstić information content (AvgIpc) is 3.10. The standard InChI is InChI=1S/C14H15ClN2O2.C9H9N/c15-10-5-2-1-4-9(10)14-7-3-6-11(13(14)18)19-12(8-16)17-14;1-7-6-10-9-5-3-2-4-8(7)9/h1-2,4-5,11H,3,6-8,16H2;2-6,10H,1H3. The summed E-state index contributed by atoms with van der Waals surface area (Å²) in [4.78, 5) is 20.3. The number of ketones is 1. The largest absolute Gasteiger partial charge is 0.469 e. The van der Waals surface area contributed by atoms with E-state index in [0.717, 1.165) is 18.4 Å².